The molecule has 0 bridgehead atoms. The zero-order chi connectivity index (χ0) is 21.7. The molecular formula is C20H26N6O4. The summed E-state index contributed by atoms with van der Waals surface area (Å²) in [6.45, 7) is 7.90. The number of piperazine rings is 1. The summed E-state index contributed by atoms with van der Waals surface area (Å²) in [5, 5.41) is 14.9. The van der Waals surface area contributed by atoms with Gasteiger partial charge in [0.2, 0.25) is 11.6 Å². The number of aromatic nitrogens is 2. The van der Waals surface area contributed by atoms with Gasteiger partial charge in [-0.25, -0.2) is 14.8 Å². The summed E-state index contributed by atoms with van der Waals surface area (Å²) < 4.78 is 5.02. The van der Waals surface area contributed by atoms with Crippen molar-refractivity contribution in [2.24, 2.45) is 0 Å². The molecule has 0 aliphatic carbocycles. The molecular weight excluding hydrogens is 388 g/mol. The first kappa shape index (κ1) is 21.3. The maximum absolute atomic E-state index is 11.9. The molecule has 0 radical (unpaired) electrons. The number of nitrogens with zero attached hydrogens (tertiary/aromatic N) is 5. The Morgan fingerprint density at radius 1 is 1.20 bits per heavy atom. The molecule has 0 saturated carbocycles. The molecule has 2 heterocycles. The molecule has 30 heavy (non-hydrogen) atoms. The van der Waals surface area contributed by atoms with Crippen LogP contribution in [0.25, 0.3) is 0 Å². The van der Waals surface area contributed by atoms with E-state index >= 15 is 0 Å². The van der Waals surface area contributed by atoms with E-state index < -0.39 is 4.92 Å². The third-order valence-electron chi connectivity index (χ3n) is 4.93. The van der Waals surface area contributed by atoms with Gasteiger partial charge in [0.25, 0.3) is 0 Å². The Morgan fingerprint density at radius 2 is 1.87 bits per heavy atom. The molecule has 3 rings (SSSR count). The topological polar surface area (TPSA) is 114 Å². The van der Waals surface area contributed by atoms with Crippen molar-refractivity contribution >= 4 is 29.1 Å². The summed E-state index contributed by atoms with van der Waals surface area (Å²) >= 11 is 0. The lowest BCUT2D eigenvalue weighted by Crippen LogP contribution is -2.49. The Hall–Kier alpha value is -3.43. The van der Waals surface area contributed by atoms with Gasteiger partial charge in [-0.2, -0.15) is 0 Å². The first-order valence-corrected chi connectivity index (χ1v) is 9.93. The van der Waals surface area contributed by atoms with Gasteiger partial charge in [0.05, 0.1) is 11.5 Å². The second-order valence-electron chi connectivity index (χ2n) is 7.23. The van der Waals surface area contributed by atoms with Gasteiger partial charge in [0, 0.05) is 31.9 Å². The van der Waals surface area contributed by atoms with Crippen LogP contribution in [0.2, 0.25) is 0 Å². The van der Waals surface area contributed by atoms with Crippen molar-refractivity contribution < 1.29 is 14.5 Å². The number of ether oxygens (including phenoxy) is 1. The smallest absolute Gasteiger partial charge is 0.409 e. The highest BCUT2D eigenvalue weighted by Crippen LogP contribution is 2.34. The van der Waals surface area contributed by atoms with Crippen LogP contribution < -0.4 is 10.2 Å². The second-order valence-corrected chi connectivity index (χ2v) is 7.23. The van der Waals surface area contributed by atoms with Crippen LogP contribution in [0.4, 0.5) is 27.8 Å². The number of carbonyl (C=O) groups excluding carboxylic acids is 1. The molecule has 1 aromatic heterocycles. The van der Waals surface area contributed by atoms with E-state index in [4.69, 9.17) is 4.74 Å². The van der Waals surface area contributed by atoms with E-state index in [2.05, 4.69) is 29.1 Å². The van der Waals surface area contributed by atoms with Gasteiger partial charge in [-0.05, 0) is 30.5 Å². The number of rotatable bonds is 6. The maximum Gasteiger partial charge on any atom is 0.409 e. The summed E-state index contributed by atoms with van der Waals surface area (Å²) in [4.78, 5) is 34.9. The van der Waals surface area contributed by atoms with Crippen molar-refractivity contribution in [3.05, 3.63) is 46.3 Å². The summed E-state index contributed by atoms with van der Waals surface area (Å²) in [6.07, 6.45) is 0.937. The summed E-state index contributed by atoms with van der Waals surface area (Å²) in [7, 11) is 0. The third kappa shape index (κ3) is 4.76. The minimum Gasteiger partial charge on any atom is -0.450 e. The van der Waals surface area contributed by atoms with Crippen molar-refractivity contribution in [1.82, 2.24) is 14.9 Å². The van der Waals surface area contributed by atoms with Crippen LogP contribution in [0.15, 0.2) is 30.6 Å². The number of benzene rings is 1. The fourth-order valence-corrected chi connectivity index (χ4v) is 3.26. The van der Waals surface area contributed by atoms with Crippen molar-refractivity contribution in [1.29, 1.82) is 0 Å². The van der Waals surface area contributed by atoms with Crippen LogP contribution in [-0.4, -0.2) is 58.7 Å². The molecule has 2 aromatic rings. The average molecular weight is 414 g/mol. The van der Waals surface area contributed by atoms with Crippen LogP contribution in [0.1, 0.15) is 32.3 Å². The van der Waals surface area contributed by atoms with Gasteiger partial charge >= 0.3 is 11.8 Å². The zero-order valence-electron chi connectivity index (χ0n) is 17.4. The van der Waals surface area contributed by atoms with Gasteiger partial charge in [-0.15, -0.1) is 0 Å². The van der Waals surface area contributed by atoms with Crippen LogP contribution in [0.5, 0.6) is 0 Å². The number of amides is 1. The van der Waals surface area contributed by atoms with E-state index in [1.807, 2.05) is 24.3 Å². The van der Waals surface area contributed by atoms with Gasteiger partial charge in [-0.3, -0.25) is 10.1 Å². The SMILES string of the molecule is CCOC(=O)N1CCN(c2ncnc(Nc3ccc(C(C)C)cc3)c2[N+](=O)[O-])CC1. The van der Waals surface area contributed by atoms with Crippen molar-refractivity contribution in [3.8, 4) is 0 Å². The summed E-state index contributed by atoms with van der Waals surface area (Å²) in [5.74, 6) is 0.766. The van der Waals surface area contributed by atoms with Crippen molar-refractivity contribution in [3.63, 3.8) is 0 Å². The molecule has 1 fully saturated rings. The monoisotopic (exact) mass is 414 g/mol. The van der Waals surface area contributed by atoms with Crippen LogP contribution >= 0.6 is 0 Å². The Balaban J connectivity index is 1.80. The lowest BCUT2D eigenvalue weighted by atomic mass is 10.0. The van der Waals surface area contributed by atoms with E-state index in [0.717, 1.165) is 0 Å². The van der Waals surface area contributed by atoms with E-state index in [0.29, 0.717) is 44.4 Å². The van der Waals surface area contributed by atoms with E-state index in [1.54, 1.807) is 16.7 Å². The average Bonchev–Trinajstić information content (AvgIpc) is 2.74. The molecule has 1 saturated heterocycles. The highest BCUT2D eigenvalue weighted by atomic mass is 16.6. The first-order chi connectivity index (χ1) is 14.4. The van der Waals surface area contributed by atoms with Crippen LogP contribution in [0.3, 0.4) is 0 Å². The second kappa shape index (κ2) is 9.38. The normalized spacial score (nSPS) is 14.0. The number of carbonyl (C=O) groups is 1. The number of hydrogen-bond donors (Lipinski definition) is 1. The molecule has 160 valence electrons. The fourth-order valence-electron chi connectivity index (χ4n) is 3.26. The van der Waals surface area contributed by atoms with Gasteiger partial charge in [0.15, 0.2) is 0 Å². The summed E-state index contributed by atoms with van der Waals surface area (Å²) in [5.41, 5.74) is 1.70. The van der Waals surface area contributed by atoms with E-state index in [9.17, 15) is 14.9 Å². The number of nitrogens with one attached hydrogen (secondary N) is 1. The lowest BCUT2D eigenvalue weighted by molar-refractivity contribution is -0.383. The molecule has 1 aromatic carbocycles. The summed E-state index contributed by atoms with van der Waals surface area (Å²) in [6, 6.07) is 7.71. The molecule has 10 heteroatoms. The Bertz CT molecular complexity index is 895. The fraction of sp³-hybridized carbons (Fsp3) is 0.450. The predicted octanol–water partition coefficient (Wildman–Crippen LogP) is 3.53. The van der Waals surface area contributed by atoms with Crippen LogP contribution in [0, 0.1) is 10.1 Å². The minimum atomic E-state index is -0.474. The number of nitro groups is 1. The largest absolute Gasteiger partial charge is 0.450 e. The number of anilines is 3. The van der Waals surface area contributed by atoms with E-state index in [-0.39, 0.29) is 23.4 Å². The zero-order valence-corrected chi connectivity index (χ0v) is 17.4. The van der Waals surface area contributed by atoms with Crippen LogP contribution in [-0.2, 0) is 4.74 Å². The first-order valence-electron chi connectivity index (χ1n) is 9.93. The quantitative estimate of drug-likeness (QED) is 0.564. The standard InChI is InChI=1S/C20H26N6O4/c1-4-30-20(27)25-11-9-24(10-12-25)19-17(26(28)29)18(21-13-22-19)23-16-7-5-15(6-8-16)14(2)3/h5-8,13-14H,4,9-12H2,1-3H3,(H,21,22,23). The van der Waals surface area contributed by atoms with E-state index in [1.165, 1.54) is 11.9 Å². The third-order valence-corrected chi connectivity index (χ3v) is 4.93. The Morgan fingerprint density at radius 3 is 2.43 bits per heavy atom. The molecule has 0 unspecified atom stereocenters. The number of hydrogen-bond acceptors (Lipinski definition) is 8. The molecule has 0 atom stereocenters. The Labute approximate surface area is 175 Å². The molecule has 1 N–H and O–H groups in total. The molecule has 10 nitrogen and oxygen atoms in total. The molecule has 1 aliphatic heterocycles. The highest BCUT2D eigenvalue weighted by molar-refractivity contribution is 5.75. The molecule has 1 aliphatic rings. The van der Waals surface area contributed by atoms with Gasteiger partial charge in [0.1, 0.15) is 6.33 Å². The van der Waals surface area contributed by atoms with Gasteiger partial charge in [-0.1, -0.05) is 26.0 Å². The minimum absolute atomic E-state index is 0.134. The molecule has 1 amide bonds. The maximum atomic E-state index is 11.9. The lowest BCUT2D eigenvalue weighted by Gasteiger charge is -2.34. The Kier molecular flexibility index (Phi) is 6.65. The van der Waals surface area contributed by atoms with Gasteiger partial charge < -0.3 is 19.9 Å². The highest BCUT2D eigenvalue weighted by Gasteiger charge is 2.30. The molecule has 0 spiro atoms. The van der Waals surface area contributed by atoms with Crippen molar-refractivity contribution in [2.75, 3.05) is 43.0 Å². The van der Waals surface area contributed by atoms with Crippen molar-refractivity contribution in [2.45, 2.75) is 26.7 Å². The predicted molar refractivity (Wildman–Crippen MR) is 113 cm³/mol.